The van der Waals surface area contributed by atoms with Crippen molar-refractivity contribution in [1.29, 1.82) is 5.41 Å². The average molecular weight is 580 g/mol. The zero-order valence-corrected chi connectivity index (χ0v) is 24.3. The Bertz CT molecular complexity index is 1480. The van der Waals surface area contributed by atoms with E-state index in [9.17, 15) is 28.6 Å². The summed E-state index contributed by atoms with van der Waals surface area (Å²) in [5.41, 5.74) is 3.67. The molecule has 2 atom stereocenters. The normalized spacial score (nSPS) is 20.4. The van der Waals surface area contributed by atoms with Crippen molar-refractivity contribution in [3.63, 3.8) is 0 Å². The van der Waals surface area contributed by atoms with Gasteiger partial charge in [-0.3, -0.25) is 10.0 Å². The van der Waals surface area contributed by atoms with Gasteiger partial charge in [0, 0.05) is 35.7 Å². The molecule has 1 aromatic heterocycles. The third-order valence-corrected chi connectivity index (χ3v) is 9.42. The molecular weight excluding hydrogens is 541 g/mol. The number of carbonyl (C=O) groups is 1. The predicted molar refractivity (Wildman–Crippen MR) is 154 cm³/mol. The smallest absolute Gasteiger partial charge is 0.352 e. The molecule has 0 spiro atoms. The number of pyridine rings is 1. The van der Waals surface area contributed by atoms with Crippen LogP contribution in [-0.4, -0.2) is 47.4 Å². The second-order valence-corrected chi connectivity index (χ2v) is 11.8. The number of amides is 1. The van der Waals surface area contributed by atoms with E-state index in [0.717, 1.165) is 71.5 Å². The number of hydrogen-bond donors (Lipinski definition) is 3. The molecule has 2 unspecified atom stereocenters. The zero-order valence-electron chi connectivity index (χ0n) is 24.3. The van der Waals surface area contributed by atoms with Crippen molar-refractivity contribution < 1.29 is 27.9 Å². The van der Waals surface area contributed by atoms with E-state index in [1.54, 1.807) is 25.1 Å². The molecule has 9 heteroatoms. The number of halogens is 3. The van der Waals surface area contributed by atoms with Crippen molar-refractivity contribution in [2.45, 2.75) is 64.1 Å². The Hall–Kier alpha value is -3.72. The van der Waals surface area contributed by atoms with E-state index in [0.29, 0.717) is 29.9 Å². The molecule has 0 bridgehead atoms. The molecule has 0 radical (unpaired) electrons. The molecule has 42 heavy (non-hydrogen) atoms. The van der Waals surface area contributed by atoms with Crippen LogP contribution in [0.5, 0.6) is 0 Å². The van der Waals surface area contributed by atoms with E-state index in [1.165, 1.54) is 6.20 Å². The highest BCUT2D eigenvalue weighted by Gasteiger charge is 2.50. The third-order valence-electron chi connectivity index (χ3n) is 9.42. The van der Waals surface area contributed by atoms with Gasteiger partial charge in [0.25, 0.3) is 5.91 Å². The molecule has 1 saturated heterocycles. The Morgan fingerprint density at radius 2 is 1.79 bits per heavy atom. The number of benzene rings is 2. The quantitative estimate of drug-likeness (QED) is 0.251. The molecule has 2 heterocycles. The summed E-state index contributed by atoms with van der Waals surface area (Å²) in [6.45, 7) is 7.81. The minimum Gasteiger partial charge on any atom is -0.352 e. The summed E-state index contributed by atoms with van der Waals surface area (Å²) in [4.78, 5) is 15.2. The molecule has 3 aromatic rings. The lowest BCUT2D eigenvalue weighted by atomic mass is 9.63. The molecule has 1 fully saturated rings. The van der Waals surface area contributed by atoms with Gasteiger partial charge in [0.05, 0.1) is 11.3 Å². The maximum atomic E-state index is 13.3. The number of likely N-dealkylation sites (tertiary alicyclic amines) is 1. The van der Waals surface area contributed by atoms with E-state index >= 15 is 0 Å². The number of hydrogen-bond acceptors (Lipinski definition) is 4. The van der Waals surface area contributed by atoms with Crippen LogP contribution in [-0.2, 0) is 18.0 Å². The molecular formula is C33H38F3N4O2+. The highest BCUT2D eigenvalue weighted by atomic mass is 19.4. The molecule has 1 aliphatic heterocycles. The first-order valence-corrected chi connectivity index (χ1v) is 14.5. The first kappa shape index (κ1) is 29.8. The van der Waals surface area contributed by atoms with Gasteiger partial charge in [-0.15, -0.1) is 0 Å². The van der Waals surface area contributed by atoms with Gasteiger partial charge in [-0.25, -0.2) is 0 Å². The van der Waals surface area contributed by atoms with Crippen LogP contribution in [0.15, 0.2) is 60.8 Å². The number of nitrogens with one attached hydrogen (secondary N) is 2. The van der Waals surface area contributed by atoms with Crippen LogP contribution < -0.4 is 10.0 Å². The molecule has 2 aliphatic rings. The fraction of sp³-hybridized carbons (Fsp3) is 0.424. The van der Waals surface area contributed by atoms with Crippen LogP contribution >= 0.6 is 0 Å². The lowest BCUT2D eigenvalue weighted by Gasteiger charge is -2.45. The number of piperidine rings is 1. The number of fused-ring (bicyclic) bond motifs is 1. The Morgan fingerprint density at radius 3 is 2.43 bits per heavy atom. The Kier molecular flexibility index (Phi) is 8.16. The molecule has 5 rings (SSSR count). The second-order valence-electron chi connectivity index (χ2n) is 11.8. The van der Waals surface area contributed by atoms with E-state index in [4.69, 9.17) is 0 Å². The van der Waals surface area contributed by atoms with Crippen molar-refractivity contribution >= 4 is 11.6 Å². The number of nitrogens with zero attached hydrogens (tertiary/aromatic N) is 2. The maximum absolute atomic E-state index is 13.3. The summed E-state index contributed by atoms with van der Waals surface area (Å²) in [5.74, 6) is -0.0939. The standard InChI is InChI=1S/C33H37F3N4O2/c1-21-13-19-40(42)23(3)29(21)31(41)38-16-12-22(2)39-17-14-26(15-18-39)32(20-24-6-4-5-7-28(24)30(32)37)25-8-10-27(11-9-25)33(34,35)36/h4-11,13,19,22,26,37H,12,14-18,20H2,1-3H3,(H-,38,41,42)/p+1. The van der Waals surface area contributed by atoms with Crippen LogP contribution in [0.1, 0.15) is 70.1 Å². The van der Waals surface area contributed by atoms with Crippen molar-refractivity contribution in [3.8, 4) is 0 Å². The van der Waals surface area contributed by atoms with Gasteiger partial charge in [-0.05, 0) is 92.9 Å². The predicted octanol–water partition coefficient (Wildman–Crippen LogP) is 5.63. The fourth-order valence-electron chi connectivity index (χ4n) is 6.95. The first-order chi connectivity index (χ1) is 19.9. The van der Waals surface area contributed by atoms with Crippen molar-refractivity contribution in [2.75, 3.05) is 19.6 Å². The highest BCUT2D eigenvalue weighted by molar-refractivity contribution is 6.10. The van der Waals surface area contributed by atoms with Crippen molar-refractivity contribution in [1.82, 2.24) is 10.2 Å². The first-order valence-electron chi connectivity index (χ1n) is 14.5. The zero-order chi connectivity index (χ0) is 30.2. The largest absolute Gasteiger partial charge is 0.416 e. The minimum atomic E-state index is -4.40. The third kappa shape index (κ3) is 5.42. The van der Waals surface area contributed by atoms with Gasteiger partial charge < -0.3 is 15.6 Å². The number of rotatable bonds is 7. The summed E-state index contributed by atoms with van der Waals surface area (Å²) >= 11 is 0. The monoisotopic (exact) mass is 579 g/mol. The summed E-state index contributed by atoms with van der Waals surface area (Å²) in [6, 6.07) is 15.2. The molecule has 3 N–H and O–H groups in total. The Balaban J connectivity index is 1.26. The van der Waals surface area contributed by atoms with Crippen LogP contribution in [0.2, 0.25) is 0 Å². The molecule has 1 amide bonds. The van der Waals surface area contributed by atoms with Crippen LogP contribution in [0, 0.1) is 25.2 Å². The number of alkyl halides is 3. The average Bonchev–Trinajstić information content (AvgIpc) is 3.28. The summed E-state index contributed by atoms with van der Waals surface area (Å²) in [5, 5.41) is 22.2. The van der Waals surface area contributed by atoms with Gasteiger partial charge in [0.1, 0.15) is 5.56 Å². The van der Waals surface area contributed by atoms with E-state index in [1.807, 2.05) is 31.2 Å². The molecule has 1 aliphatic carbocycles. The second kappa shape index (κ2) is 11.5. The van der Waals surface area contributed by atoms with Crippen molar-refractivity contribution in [2.24, 2.45) is 5.92 Å². The number of aromatic nitrogens is 1. The van der Waals surface area contributed by atoms with Crippen molar-refractivity contribution in [3.05, 3.63) is 99.9 Å². The van der Waals surface area contributed by atoms with Crippen LogP contribution in [0.3, 0.4) is 0 Å². The summed E-state index contributed by atoms with van der Waals surface area (Å²) < 4.78 is 41.0. The highest BCUT2D eigenvalue weighted by Crippen LogP contribution is 2.49. The fourth-order valence-corrected chi connectivity index (χ4v) is 6.95. The molecule has 222 valence electrons. The van der Waals surface area contributed by atoms with Gasteiger partial charge in [0.2, 0.25) is 11.9 Å². The number of carbonyl (C=O) groups excluding carboxylic acids is 1. The van der Waals surface area contributed by atoms with E-state index < -0.39 is 17.2 Å². The SMILES string of the molecule is Cc1cc[n+](O)c(C)c1C(=O)NCCC(C)N1CCC(C2(c3ccc(C(F)(F)F)cc3)Cc3ccccc3C2=N)CC1. The molecule has 0 saturated carbocycles. The van der Waals surface area contributed by atoms with Gasteiger partial charge in [-0.1, -0.05) is 36.4 Å². The van der Waals surface area contributed by atoms with Gasteiger partial charge in [0.15, 0.2) is 0 Å². The van der Waals surface area contributed by atoms with Crippen LogP contribution in [0.25, 0.3) is 0 Å². The van der Waals surface area contributed by atoms with Gasteiger partial charge in [-0.2, -0.15) is 13.2 Å². The van der Waals surface area contributed by atoms with Gasteiger partial charge >= 0.3 is 6.18 Å². The lowest BCUT2D eigenvalue weighted by molar-refractivity contribution is -0.908. The van der Waals surface area contributed by atoms with E-state index in [2.05, 4.69) is 17.1 Å². The molecule has 2 aromatic carbocycles. The van der Waals surface area contributed by atoms with Crippen LogP contribution in [0.4, 0.5) is 13.2 Å². The minimum absolute atomic E-state index is 0.117. The lowest BCUT2D eigenvalue weighted by Crippen LogP contribution is -2.49. The Morgan fingerprint density at radius 1 is 1.12 bits per heavy atom. The topological polar surface area (TPSA) is 80.3 Å². The maximum Gasteiger partial charge on any atom is 0.416 e. The summed E-state index contributed by atoms with van der Waals surface area (Å²) in [7, 11) is 0. The molecule has 6 nitrogen and oxygen atoms in total. The summed E-state index contributed by atoms with van der Waals surface area (Å²) in [6.07, 6.45) is 0.135. The number of aryl methyl sites for hydroxylation is 1. The Labute approximate surface area is 244 Å². The van der Waals surface area contributed by atoms with E-state index in [-0.39, 0.29) is 17.9 Å².